The fourth-order valence-electron chi connectivity index (χ4n) is 1.79. The molecular formula is C10H13NO2S. The van der Waals surface area contributed by atoms with Gasteiger partial charge in [-0.25, -0.2) is 4.79 Å². The van der Waals surface area contributed by atoms with Gasteiger partial charge in [0.2, 0.25) is 0 Å². The van der Waals surface area contributed by atoms with E-state index in [1.165, 1.54) is 16.9 Å². The average Bonchev–Trinajstić information content (AvgIpc) is 2.56. The molecule has 1 aliphatic heterocycles. The molecule has 76 valence electrons. The SMILES string of the molecule is COC(=O)C1NCCc2sc(C)cc21. The number of thiophene rings is 1. The van der Waals surface area contributed by atoms with Gasteiger partial charge in [-0.1, -0.05) is 0 Å². The van der Waals surface area contributed by atoms with Crippen LogP contribution in [-0.4, -0.2) is 19.6 Å². The Morgan fingerprint density at radius 3 is 3.21 bits per heavy atom. The van der Waals surface area contributed by atoms with Crippen molar-refractivity contribution < 1.29 is 9.53 Å². The molecule has 0 bridgehead atoms. The van der Waals surface area contributed by atoms with Crippen LogP contribution < -0.4 is 5.32 Å². The summed E-state index contributed by atoms with van der Waals surface area (Å²) < 4.78 is 4.76. The van der Waals surface area contributed by atoms with Crippen LogP contribution in [0.15, 0.2) is 6.07 Å². The molecule has 1 unspecified atom stereocenters. The van der Waals surface area contributed by atoms with Crippen molar-refractivity contribution in [2.24, 2.45) is 0 Å². The molecule has 0 aliphatic carbocycles. The third-order valence-corrected chi connectivity index (χ3v) is 3.54. The zero-order chi connectivity index (χ0) is 10.1. The van der Waals surface area contributed by atoms with Gasteiger partial charge in [0.15, 0.2) is 0 Å². The molecule has 2 heterocycles. The lowest BCUT2D eigenvalue weighted by Gasteiger charge is -2.21. The van der Waals surface area contributed by atoms with Crippen LogP contribution in [0.25, 0.3) is 0 Å². The Kier molecular flexibility index (Phi) is 2.56. The Morgan fingerprint density at radius 1 is 1.71 bits per heavy atom. The van der Waals surface area contributed by atoms with E-state index in [4.69, 9.17) is 4.74 Å². The highest BCUT2D eigenvalue weighted by molar-refractivity contribution is 7.12. The van der Waals surface area contributed by atoms with E-state index in [-0.39, 0.29) is 12.0 Å². The number of ether oxygens (including phenoxy) is 1. The van der Waals surface area contributed by atoms with Crippen LogP contribution >= 0.6 is 11.3 Å². The number of hydrogen-bond donors (Lipinski definition) is 1. The molecule has 0 radical (unpaired) electrons. The maximum absolute atomic E-state index is 11.5. The van der Waals surface area contributed by atoms with E-state index >= 15 is 0 Å². The summed E-state index contributed by atoms with van der Waals surface area (Å²) in [5.74, 6) is -0.191. The van der Waals surface area contributed by atoms with Crippen LogP contribution in [-0.2, 0) is 16.0 Å². The van der Waals surface area contributed by atoms with Crippen molar-refractivity contribution in [3.63, 3.8) is 0 Å². The van der Waals surface area contributed by atoms with Gasteiger partial charge in [-0.3, -0.25) is 0 Å². The second-order valence-corrected chi connectivity index (χ2v) is 4.74. The Balaban J connectivity index is 2.34. The van der Waals surface area contributed by atoms with E-state index < -0.39 is 0 Å². The molecule has 1 aromatic rings. The number of aryl methyl sites for hydroxylation is 1. The maximum atomic E-state index is 11.5. The van der Waals surface area contributed by atoms with Gasteiger partial charge in [0.1, 0.15) is 6.04 Å². The fraction of sp³-hybridized carbons (Fsp3) is 0.500. The summed E-state index contributed by atoms with van der Waals surface area (Å²) in [6, 6.07) is 1.82. The van der Waals surface area contributed by atoms with Gasteiger partial charge in [-0.15, -0.1) is 11.3 Å². The van der Waals surface area contributed by atoms with Gasteiger partial charge in [0.05, 0.1) is 7.11 Å². The van der Waals surface area contributed by atoms with E-state index in [2.05, 4.69) is 18.3 Å². The molecule has 3 nitrogen and oxygen atoms in total. The quantitative estimate of drug-likeness (QED) is 0.714. The monoisotopic (exact) mass is 211 g/mol. The minimum Gasteiger partial charge on any atom is -0.468 e. The van der Waals surface area contributed by atoms with Crippen LogP contribution in [0.4, 0.5) is 0 Å². The third kappa shape index (κ3) is 1.55. The van der Waals surface area contributed by atoms with Crippen LogP contribution in [0.2, 0.25) is 0 Å². The Hall–Kier alpha value is -0.870. The van der Waals surface area contributed by atoms with Gasteiger partial charge in [-0.05, 0) is 25.0 Å². The van der Waals surface area contributed by atoms with E-state index in [1.54, 1.807) is 11.3 Å². The number of methoxy groups -OCH3 is 1. The smallest absolute Gasteiger partial charge is 0.327 e. The standard InChI is InChI=1S/C10H13NO2S/c1-6-5-7-8(14-6)3-4-11-9(7)10(12)13-2/h5,9,11H,3-4H2,1-2H3. The van der Waals surface area contributed by atoms with Gasteiger partial charge < -0.3 is 10.1 Å². The van der Waals surface area contributed by atoms with Crippen LogP contribution in [0.1, 0.15) is 21.4 Å². The first kappa shape index (κ1) is 9.68. The second-order valence-electron chi connectivity index (χ2n) is 3.40. The molecule has 0 fully saturated rings. The minimum atomic E-state index is -0.256. The predicted octanol–water partition coefficient (Wildman–Crippen LogP) is 1.42. The summed E-state index contributed by atoms with van der Waals surface area (Å²) in [5, 5.41) is 3.17. The molecule has 1 aromatic heterocycles. The number of hydrogen-bond acceptors (Lipinski definition) is 4. The number of fused-ring (bicyclic) bond motifs is 1. The fourth-order valence-corrected chi connectivity index (χ4v) is 2.86. The first-order valence-electron chi connectivity index (χ1n) is 4.63. The summed E-state index contributed by atoms with van der Waals surface area (Å²) in [7, 11) is 1.43. The number of rotatable bonds is 1. The lowest BCUT2D eigenvalue weighted by molar-refractivity contribution is -0.143. The number of carbonyl (C=O) groups excluding carboxylic acids is 1. The van der Waals surface area contributed by atoms with E-state index in [1.807, 2.05) is 0 Å². The molecular weight excluding hydrogens is 198 g/mol. The third-order valence-electron chi connectivity index (χ3n) is 2.41. The Labute approximate surface area is 87.1 Å². The highest BCUT2D eigenvalue weighted by Crippen LogP contribution is 2.30. The lowest BCUT2D eigenvalue weighted by atomic mass is 10.0. The van der Waals surface area contributed by atoms with Crippen molar-refractivity contribution in [3.05, 3.63) is 21.4 Å². The molecule has 0 saturated carbocycles. The normalized spacial score (nSPS) is 20.3. The highest BCUT2D eigenvalue weighted by atomic mass is 32.1. The summed E-state index contributed by atoms with van der Waals surface area (Å²) >= 11 is 1.77. The molecule has 1 atom stereocenters. The zero-order valence-corrected chi connectivity index (χ0v) is 9.11. The summed E-state index contributed by atoms with van der Waals surface area (Å²) in [6.07, 6.45) is 1.02. The van der Waals surface area contributed by atoms with Gasteiger partial charge in [0, 0.05) is 16.3 Å². The Bertz CT molecular complexity index is 359. The van der Waals surface area contributed by atoms with E-state index in [0.29, 0.717) is 0 Å². The topological polar surface area (TPSA) is 38.3 Å². The summed E-state index contributed by atoms with van der Waals surface area (Å²) in [6.45, 7) is 2.92. The minimum absolute atomic E-state index is 0.191. The second kappa shape index (κ2) is 3.71. The van der Waals surface area contributed by atoms with Crippen LogP contribution in [0.5, 0.6) is 0 Å². The maximum Gasteiger partial charge on any atom is 0.327 e. The predicted molar refractivity (Wildman–Crippen MR) is 55.5 cm³/mol. The van der Waals surface area contributed by atoms with Crippen molar-refractivity contribution in [3.8, 4) is 0 Å². The number of carbonyl (C=O) groups is 1. The van der Waals surface area contributed by atoms with Crippen molar-refractivity contribution in [1.29, 1.82) is 0 Å². The van der Waals surface area contributed by atoms with Gasteiger partial charge in [-0.2, -0.15) is 0 Å². The molecule has 2 rings (SSSR count). The van der Waals surface area contributed by atoms with Gasteiger partial charge >= 0.3 is 5.97 Å². The summed E-state index contributed by atoms with van der Waals surface area (Å²) in [4.78, 5) is 14.0. The number of esters is 1. The molecule has 1 aliphatic rings. The average molecular weight is 211 g/mol. The van der Waals surface area contributed by atoms with Crippen LogP contribution in [0, 0.1) is 6.92 Å². The van der Waals surface area contributed by atoms with Crippen LogP contribution in [0.3, 0.4) is 0 Å². The van der Waals surface area contributed by atoms with Crippen molar-refractivity contribution in [1.82, 2.24) is 5.32 Å². The molecule has 14 heavy (non-hydrogen) atoms. The highest BCUT2D eigenvalue weighted by Gasteiger charge is 2.28. The molecule has 4 heteroatoms. The zero-order valence-electron chi connectivity index (χ0n) is 8.29. The van der Waals surface area contributed by atoms with Crippen molar-refractivity contribution in [2.75, 3.05) is 13.7 Å². The summed E-state index contributed by atoms with van der Waals surface area (Å²) in [5.41, 5.74) is 1.10. The molecule has 0 amide bonds. The number of nitrogens with one attached hydrogen (secondary N) is 1. The molecule has 0 aromatic carbocycles. The Morgan fingerprint density at radius 2 is 2.50 bits per heavy atom. The molecule has 0 saturated heterocycles. The largest absolute Gasteiger partial charge is 0.468 e. The first-order chi connectivity index (χ1) is 6.72. The van der Waals surface area contributed by atoms with Crippen molar-refractivity contribution >= 4 is 17.3 Å². The van der Waals surface area contributed by atoms with E-state index in [0.717, 1.165) is 18.5 Å². The van der Waals surface area contributed by atoms with E-state index in [9.17, 15) is 4.79 Å². The molecule has 0 spiro atoms. The molecule has 1 N–H and O–H groups in total. The van der Waals surface area contributed by atoms with Gasteiger partial charge in [0.25, 0.3) is 0 Å². The lowest BCUT2D eigenvalue weighted by Crippen LogP contribution is -2.34. The van der Waals surface area contributed by atoms with Crippen molar-refractivity contribution in [2.45, 2.75) is 19.4 Å². The first-order valence-corrected chi connectivity index (χ1v) is 5.44.